The number of anilines is 1. The highest BCUT2D eigenvalue weighted by Crippen LogP contribution is 2.21. The van der Waals surface area contributed by atoms with Crippen molar-refractivity contribution in [2.24, 2.45) is 5.92 Å². The largest absolute Gasteiger partial charge is 0.324 e. The maximum absolute atomic E-state index is 13.4. The molecule has 0 aliphatic carbocycles. The summed E-state index contributed by atoms with van der Waals surface area (Å²) in [6.07, 6.45) is 1.90. The summed E-state index contributed by atoms with van der Waals surface area (Å²) >= 11 is 0. The van der Waals surface area contributed by atoms with E-state index >= 15 is 0 Å². The van der Waals surface area contributed by atoms with Crippen molar-refractivity contribution in [2.75, 3.05) is 18.4 Å². The molecule has 2 rings (SSSR count). The van der Waals surface area contributed by atoms with Crippen LogP contribution in [0.25, 0.3) is 0 Å². The zero-order valence-electron chi connectivity index (χ0n) is 10.5. The second-order valence-corrected chi connectivity index (χ2v) is 4.87. The molecule has 0 radical (unpaired) electrons. The van der Waals surface area contributed by atoms with E-state index in [2.05, 4.69) is 5.32 Å². The third-order valence-corrected chi connectivity index (χ3v) is 3.18. The Hall–Kier alpha value is -1.72. The number of hydrogen-bond donors (Lipinski definition) is 1. The van der Waals surface area contributed by atoms with E-state index in [1.165, 1.54) is 4.90 Å². The molecule has 1 unspecified atom stereocenters. The molecule has 1 aromatic rings. The molecule has 0 bridgehead atoms. The zero-order chi connectivity index (χ0) is 14.0. The molecule has 104 valence electrons. The van der Waals surface area contributed by atoms with Gasteiger partial charge in [-0.2, -0.15) is 0 Å². The molecule has 1 aromatic carbocycles. The number of nitrogens with zero attached hydrogens (tertiary/aromatic N) is 1. The number of urea groups is 1. The Morgan fingerprint density at radius 2 is 2.11 bits per heavy atom. The average Bonchev–Trinajstić information content (AvgIpc) is 2.35. The first-order valence-corrected chi connectivity index (χ1v) is 6.18. The van der Waals surface area contributed by atoms with E-state index in [0.717, 1.165) is 18.9 Å². The fourth-order valence-corrected chi connectivity index (χ4v) is 2.22. The highest BCUT2D eigenvalue weighted by molar-refractivity contribution is 5.89. The van der Waals surface area contributed by atoms with Crippen LogP contribution in [0.15, 0.2) is 12.1 Å². The van der Waals surface area contributed by atoms with Crippen molar-refractivity contribution >= 4 is 11.7 Å². The van der Waals surface area contributed by atoms with Gasteiger partial charge in [-0.25, -0.2) is 18.0 Å². The van der Waals surface area contributed by atoms with Crippen molar-refractivity contribution in [1.82, 2.24) is 4.90 Å². The molecular formula is C13H15F3N2O. The standard InChI is InChI=1S/C13H15F3N2O/c1-8-3-2-4-18(7-8)13(19)17-11-6-9(14)5-10(15)12(11)16/h5-6,8H,2-4,7H2,1H3,(H,17,19). The van der Waals surface area contributed by atoms with E-state index < -0.39 is 29.2 Å². The molecule has 1 N–H and O–H groups in total. The zero-order valence-corrected chi connectivity index (χ0v) is 10.5. The molecule has 1 saturated heterocycles. The number of rotatable bonds is 1. The number of benzene rings is 1. The molecule has 1 fully saturated rings. The van der Waals surface area contributed by atoms with E-state index in [-0.39, 0.29) is 0 Å². The molecule has 1 aliphatic heterocycles. The van der Waals surface area contributed by atoms with Gasteiger partial charge in [-0.15, -0.1) is 0 Å². The van der Waals surface area contributed by atoms with Gasteiger partial charge in [0.2, 0.25) is 0 Å². The minimum Gasteiger partial charge on any atom is -0.324 e. The summed E-state index contributed by atoms with van der Waals surface area (Å²) < 4.78 is 39.4. The number of likely N-dealkylation sites (tertiary alicyclic amines) is 1. The Bertz CT molecular complexity index is 493. The van der Waals surface area contributed by atoms with Crippen molar-refractivity contribution in [3.8, 4) is 0 Å². The van der Waals surface area contributed by atoms with Crippen molar-refractivity contribution in [2.45, 2.75) is 19.8 Å². The van der Waals surface area contributed by atoms with Gasteiger partial charge in [0.1, 0.15) is 5.82 Å². The van der Waals surface area contributed by atoms with E-state index in [1.54, 1.807) is 0 Å². The topological polar surface area (TPSA) is 32.3 Å². The lowest BCUT2D eigenvalue weighted by atomic mass is 10.0. The summed E-state index contributed by atoms with van der Waals surface area (Å²) in [5.74, 6) is -3.13. The molecule has 19 heavy (non-hydrogen) atoms. The predicted molar refractivity (Wildman–Crippen MR) is 65.3 cm³/mol. The fourth-order valence-electron chi connectivity index (χ4n) is 2.22. The molecule has 0 aromatic heterocycles. The van der Waals surface area contributed by atoms with Crippen LogP contribution >= 0.6 is 0 Å². The predicted octanol–water partition coefficient (Wildman–Crippen LogP) is 3.37. The number of amides is 2. The monoisotopic (exact) mass is 272 g/mol. The lowest BCUT2D eigenvalue weighted by molar-refractivity contribution is 0.182. The maximum Gasteiger partial charge on any atom is 0.321 e. The normalized spacial score (nSPS) is 19.4. The maximum atomic E-state index is 13.4. The molecule has 1 heterocycles. The number of halogens is 3. The Morgan fingerprint density at radius 1 is 1.37 bits per heavy atom. The number of nitrogens with one attached hydrogen (secondary N) is 1. The first-order chi connectivity index (χ1) is 8.97. The van der Waals surface area contributed by atoms with Gasteiger partial charge in [-0.1, -0.05) is 6.92 Å². The van der Waals surface area contributed by atoms with Crippen molar-refractivity contribution in [1.29, 1.82) is 0 Å². The Kier molecular flexibility index (Phi) is 3.97. The van der Waals surface area contributed by atoms with E-state index in [1.807, 2.05) is 6.92 Å². The highest BCUT2D eigenvalue weighted by Gasteiger charge is 2.22. The van der Waals surface area contributed by atoms with Gasteiger partial charge in [0.05, 0.1) is 5.69 Å². The minimum absolute atomic E-state index is 0.369. The van der Waals surface area contributed by atoms with Crippen LogP contribution in [0.1, 0.15) is 19.8 Å². The molecule has 0 saturated carbocycles. The molecule has 1 atom stereocenters. The summed E-state index contributed by atoms with van der Waals surface area (Å²) in [5.41, 5.74) is -0.472. The van der Waals surface area contributed by atoms with Crippen LogP contribution in [0.2, 0.25) is 0 Å². The molecule has 1 aliphatic rings. The van der Waals surface area contributed by atoms with Crippen molar-refractivity contribution in [3.63, 3.8) is 0 Å². The summed E-state index contributed by atoms with van der Waals surface area (Å²) in [6.45, 7) is 3.14. The van der Waals surface area contributed by atoms with Gasteiger partial charge in [-0.05, 0) is 18.8 Å². The number of piperidine rings is 1. The van der Waals surface area contributed by atoms with E-state index in [9.17, 15) is 18.0 Å². The van der Waals surface area contributed by atoms with Gasteiger partial charge in [0.25, 0.3) is 0 Å². The Morgan fingerprint density at radius 3 is 2.79 bits per heavy atom. The van der Waals surface area contributed by atoms with Gasteiger partial charge >= 0.3 is 6.03 Å². The number of carbonyl (C=O) groups is 1. The fraction of sp³-hybridized carbons (Fsp3) is 0.462. The Labute approximate surface area is 109 Å². The smallest absolute Gasteiger partial charge is 0.321 e. The van der Waals surface area contributed by atoms with Crippen LogP contribution in [0, 0.1) is 23.4 Å². The van der Waals surface area contributed by atoms with E-state index in [0.29, 0.717) is 25.1 Å². The van der Waals surface area contributed by atoms with Crippen molar-refractivity contribution in [3.05, 3.63) is 29.6 Å². The molecular weight excluding hydrogens is 257 g/mol. The summed E-state index contributed by atoms with van der Waals surface area (Å²) in [6, 6.07) is 0.674. The third-order valence-electron chi connectivity index (χ3n) is 3.18. The van der Waals surface area contributed by atoms with E-state index in [4.69, 9.17) is 0 Å². The first kappa shape index (κ1) is 13.7. The second-order valence-electron chi connectivity index (χ2n) is 4.87. The number of hydrogen-bond acceptors (Lipinski definition) is 1. The molecule has 6 heteroatoms. The highest BCUT2D eigenvalue weighted by atomic mass is 19.2. The third kappa shape index (κ3) is 3.19. The first-order valence-electron chi connectivity index (χ1n) is 6.18. The quantitative estimate of drug-likeness (QED) is 0.781. The lowest BCUT2D eigenvalue weighted by Crippen LogP contribution is -2.41. The summed E-state index contributed by atoms with van der Waals surface area (Å²) in [4.78, 5) is 13.4. The van der Waals surface area contributed by atoms with Gasteiger partial charge in [0, 0.05) is 25.2 Å². The molecule has 0 spiro atoms. The van der Waals surface area contributed by atoms with Gasteiger partial charge in [-0.3, -0.25) is 0 Å². The average molecular weight is 272 g/mol. The summed E-state index contributed by atoms with van der Waals surface area (Å²) in [7, 11) is 0. The van der Waals surface area contributed by atoms with Crippen LogP contribution in [0.3, 0.4) is 0 Å². The van der Waals surface area contributed by atoms with Gasteiger partial charge in [0.15, 0.2) is 11.6 Å². The van der Waals surface area contributed by atoms with Crippen LogP contribution in [0.5, 0.6) is 0 Å². The molecule has 2 amide bonds. The van der Waals surface area contributed by atoms with Crippen LogP contribution in [0.4, 0.5) is 23.7 Å². The number of carbonyl (C=O) groups excluding carboxylic acids is 1. The molecule has 3 nitrogen and oxygen atoms in total. The van der Waals surface area contributed by atoms with Gasteiger partial charge < -0.3 is 10.2 Å². The Balaban J connectivity index is 2.10. The minimum atomic E-state index is -1.32. The van der Waals surface area contributed by atoms with Crippen LogP contribution < -0.4 is 5.32 Å². The second kappa shape index (κ2) is 5.50. The van der Waals surface area contributed by atoms with Crippen LogP contribution in [-0.2, 0) is 0 Å². The van der Waals surface area contributed by atoms with Crippen molar-refractivity contribution < 1.29 is 18.0 Å². The SMILES string of the molecule is CC1CCCN(C(=O)Nc2cc(F)cc(F)c2F)C1. The summed E-state index contributed by atoms with van der Waals surface area (Å²) in [5, 5.41) is 2.21. The lowest BCUT2D eigenvalue weighted by Gasteiger charge is -2.30. The van der Waals surface area contributed by atoms with Crippen LogP contribution in [-0.4, -0.2) is 24.0 Å².